The summed E-state index contributed by atoms with van der Waals surface area (Å²) in [6.07, 6.45) is 0. The molecule has 1 unspecified atom stereocenters. The first-order valence-electron chi connectivity index (χ1n) is 6.49. The maximum Gasteiger partial charge on any atom is 0.325 e. The SMILES string of the molecule is COc1cc(CNC(=O)NC(C)C(=O)O)cc(OC)c1OC. The van der Waals surface area contributed by atoms with Crippen molar-refractivity contribution in [1.29, 1.82) is 0 Å². The van der Waals surface area contributed by atoms with Crippen molar-refractivity contribution >= 4 is 12.0 Å². The lowest BCUT2D eigenvalue weighted by Crippen LogP contribution is -2.44. The lowest BCUT2D eigenvalue weighted by atomic mass is 10.2. The van der Waals surface area contributed by atoms with Crippen molar-refractivity contribution in [2.24, 2.45) is 0 Å². The quantitative estimate of drug-likeness (QED) is 0.693. The Balaban J connectivity index is 2.78. The Bertz CT molecular complexity index is 521. The Morgan fingerprint density at radius 2 is 1.68 bits per heavy atom. The van der Waals surface area contributed by atoms with E-state index in [1.165, 1.54) is 28.3 Å². The second kappa shape index (κ2) is 7.96. The van der Waals surface area contributed by atoms with Crippen molar-refractivity contribution in [2.75, 3.05) is 21.3 Å². The second-order valence-corrected chi connectivity index (χ2v) is 4.42. The van der Waals surface area contributed by atoms with Gasteiger partial charge in [0.2, 0.25) is 5.75 Å². The highest BCUT2D eigenvalue weighted by atomic mass is 16.5. The van der Waals surface area contributed by atoms with Crippen LogP contribution in [0, 0.1) is 0 Å². The van der Waals surface area contributed by atoms with E-state index in [2.05, 4.69) is 10.6 Å². The lowest BCUT2D eigenvalue weighted by Gasteiger charge is -2.15. The van der Waals surface area contributed by atoms with Crippen LogP contribution in [0.2, 0.25) is 0 Å². The molecule has 8 heteroatoms. The van der Waals surface area contributed by atoms with Crippen molar-refractivity contribution in [3.63, 3.8) is 0 Å². The average molecular weight is 312 g/mol. The third-order valence-corrected chi connectivity index (χ3v) is 2.90. The zero-order valence-electron chi connectivity index (χ0n) is 12.9. The van der Waals surface area contributed by atoms with Crippen LogP contribution in [0.5, 0.6) is 17.2 Å². The van der Waals surface area contributed by atoms with Gasteiger partial charge in [-0.05, 0) is 24.6 Å². The highest BCUT2D eigenvalue weighted by molar-refractivity contribution is 5.82. The first-order valence-corrected chi connectivity index (χ1v) is 6.49. The number of benzene rings is 1. The molecule has 1 aromatic carbocycles. The van der Waals surface area contributed by atoms with E-state index in [9.17, 15) is 9.59 Å². The largest absolute Gasteiger partial charge is 0.493 e. The Kier molecular flexibility index (Phi) is 6.30. The van der Waals surface area contributed by atoms with Gasteiger partial charge in [0.1, 0.15) is 6.04 Å². The number of carbonyl (C=O) groups is 2. The standard InChI is InChI=1S/C14H20N2O6/c1-8(13(17)18)16-14(19)15-7-9-5-10(20-2)12(22-4)11(6-9)21-3/h5-6,8H,7H2,1-4H3,(H,17,18)(H2,15,16,19). The van der Waals surface area contributed by atoms with E-state index in [0.717, 1.165) is 0 Å². The summed E-state index contributed by atoms with van der Waals surface area (Å²) in [6.45, 7) is 1.55. The number of rotatable bonds is 7. The van der Waals surface area contributed by atoms with Gasteiger partial charge in [-0.2, -0.15) is 0 Å². The molecule has 0 aliphatic carbocycles. The molecule has 0 radical (unpaired) electrons. The van der Waals surface area contributed by atoms with E-state index >= 15 is 0 Å². The molecule has 0 saturated heterocycles. The maximum absolute atomic E-state index is 11.6. The molecule has 0 heterocycles. The molecule has 1 atom stereocenters. The summed E-state index contributed by atoms with van der Waals surface area (Å²) in [6, 6.07) is 1.84. The van der Waals surface area contributed by atoms with Crippen LogP contribution < -0.4 is 24.8 Å². The van der Waals surface area contributed by atoms with Crippen molar-refractivity contribution < 1.29 is 28.9 Å². The number of nitrogens with one attached hydrogen (secondary N) is 2. The summed E-state index contributed by atoms with van der Waals surface area (Å²) in [7, 11) is 4.49. The number of hydrogen-bond donors (Lipinski definition) is 3. The summed E-state index contributed by atoms with van der Waals surface area (Å²) in [5.74, 6) is 0.288. The van der Waals surface area contributed by atoms with Crippen LogP contribution in [0.4, 0.5) is 4.79 Å². The fourth-order valence-corrected chi connectivity index (χ4v) is 1.73. The molecule has 2 amide bonds. The van der Waals surface area contributed by atoms with Crippen LogP contribution in [0.3, 0.4) is 0 Å². The summed E-state index contributed by atoms with van der Waals surface area (Å²) in [5, 5.41) is 13.6. The molecule has 0 aliphatic heterocycles. The molecule has 8 nitrogen and oxygen atoms in total. The number of aliphatic carboxylic acids is 1. The van der Waals surface area contributed by atoms with Crippen LogP contribution in [0.1, 0.15) is 12.5 Å². The highest BCUT2D eigenvalue weighted by Gasteiger charge is 2.15. The van der Waals surface area contributed by atoms with Gasteiger partial charge in [0, 0.05) is 6.54 Å². The molecule has 122 valence electrons. The third-order valence-electron chi connectivity index (χ3n) is 2.90. The Labute approximate surface area is 128 Å². The third kappa shape index (κ3) is 4.44. The first-order chi connectivity index (χ1) is 10.4. The van der Waals surface area contributed by atoms with Gasteiger partial charge in [0.25, 0.3) is 0 Å². The minimum Gasteiger partial charge on any atom is -0.493 e. The predicted octanol–water partition coefficient (Wildman–Crippen LogP) is 0.985. The van der Waals surface area contributed by atoms with Gasteiger partial charge in [-0.3, -0.25) is 4.79 Å². The molecule has 3 N–H and O–H groups in total. The Hall–Kier alpha value is -2.64. The van der Waals surface area contributed by atoms with Crippen molar-refractivity contribution in [3.05, 3.63) is 17.7 Å². The minimum atomic E-state index is -1.11. The van der Waals surface area contributed by atoms with Gasteiger partial charge in [-0.25, -0.2) is 4.79 Å². The zero-order valence-corrected chi connectivity index (χ0v) is 12.9. The smallest absolute Gasteiger partial charge is 0.325 e. The van der Waals surface area contributed by atoms with E-state index in [-0.39, 0.29) is 6.54 Å². The molecular formula is C14H20N2O6. The molecule has 1 rings (SSSR count). The molecule has 0 bridgehead atoms. The number of carbonyl (C=O) groups excluding carboxylic acids is 1. The van der Waals surface area contributed by atoms with Crippen LogP contribution in [-0.2, 0) is 11.3 Å². The van der Waals surface area contributed by atoms with Gasteiger partial charge in [-0.1, -0.05) is 0 Å². The molecular weight excluding hydrogens is 292 g/mol. The van der Waals surface area contributed by atoms with Crippen LogP contribution >= 0.6 is 0 Å². The molecule has 1 aromatic rings. The molecule has 0 spiro atoms. The molecule has 0 aromatic heterocycles. The summed E-state index contributed by atoms with van der Waals surface area (Å²) in [5.41, 5.74) is 0.715. The molecule has 0 saturated carbocycles. The van der Waals surface area contributed by atoms with Crippen LogP contribution in [0.15, 0.2) is 12.1 Å². The zero-order chi connectivity index (χ0) is 16.7. The van der Waals surface area contributed by atoms with E-state index in [1.54, 1.807) is 12.1 Å². The Morgan fingerprint density at radius 1 is 1.14 bits per heavy atom. The highest BCUT2D eigenvalue weighted by Crippen LogP contribution is 2.38. The number of methoxy groups -OCH3 is 3. The van der Waals surface area contributed by atoms with Gasteiger partial charge in [0.05, 0.1) is 21.3 Å². The number of ether oxygens (including phenoxy) is 3. The maximum atomic E-state index is 11.6. The fourth-order valence-electron chi connectivity index (χ4n) is 1.73. The van der Waals surface area contributed by atoms with Gasteiger partial charge < -0.3 is 30.0 Å². The van der Waals surface area contributed by atoms with Gasteiger partial charge in [0.15, 0.2) is 11.5 Å². The number of amides is 2. The van der Waals surface area contributed by atoms with Crippen molar-refractivity contribution in [3.8, 4) is 17.2 Å². The van der Waals surface area contributed by atoms with Crippen molar-refractivity contribution in [1.82, 2.24) is 10.6 Å². The van der Waals surface area contributed by atoms with Crippen LogP contribution in [-0.4, -0.2) is 44.5 Å². The summed E-state index contributed by atoms with van der Waals surface area (Å²) < 4.78 is 15.6. The molecule has 22 heavy (non-hydrogen) atoms. The first kappa shape index (κ1) is 17.4. The van der Waals surface area contributed by atoms with E-state index in [4.69, 9.17) is 19.3 Å². The minimum absolute atomic E-state index is 0.175. The second-order valence-electron chi connectivity index (χ2n) is 4.42. The monoisotopic (exact) mass is 312 g/mol. The fraction of sp³-hybridized carbons (Fsp3) is 0.429. The average Bonchev–Trinajstić information content (AvgIpc) is 2.51. The molecule has 0 fully saturated rings. The van der Waals surface area contributed by atoms with Gasteiger partial charge in [-0.15, -0.1) is 0 Å². The van der Waals surface area contributed by atoms with E-state index < -0.39 is 18.0 Å². The topological polar surface area (TPSA) is 106 Å². The summed E-state index contributed by atoms with van der Waals surface area (Å²) >= 11 is 0. The number of hydrogen-bond acceptors (Lipinski definition) is 5. The predicted molar refractivity (Wildman–Crippen MR) is 78.6 cm³/mol. The number of carboxylic acid groups (broad SMARTS) is 1. The Morgan fingerprint density at radius 3 is 2.09 bits per heavy atom. The van der Waals surface area contributed by atoms with E-state index in [1.807, 2.05) is 0 Å². The summed E-state index contributed by atoms with van der Waals surface area (Å²) in [4.78, 5) is 22.2. The number of urea groups is 1. The molecule has 0 aliphatic rings. The van der Waals surface area contributed by atoms with E-state index in [0.29, 0.717) is 22.8 Å². The van der Waals surface area contributed by atoms with Gasteiger partial charge >= 0.3 is 12.0 Å². The number of carboxylic acids is 1. The van der Waals surface area contributed by atoms with Crippen LogP contribution in [0.25, 0.3) is 0 Å². The normalized spacial score (nSPS) is 11.3. The van der Waals surface area contributed by atoms with Crippen molar-refractivity contribution in [2.45, 2.75) is 19.5 Å². The lowest BCUT2D eigenvalue weighted by molar-refractivity contribution is -0.138.